The summed E-state index contributed by atoms with van der Waals surface area (Å²) in [5, 5.41) is 0. The van der Waals surface area contributed by atoms with Gasteiger partial charge in [-0.2, -0.15) is 0 Å². The molecule has 0 N–H and O–H groups in total. The molecule has 0 rings (SSSR count). The Kier molecular flexibility index (Phi) is 3.12. The summed E-state index contributed by atoms with van der Waals surface area (Å²) >= 11 is 0. The van der Waals surface area contributed by atoms with Crippen molar-refractivity contribution in [1.29, 1.82) is 0 Å². The van der Waals surface area contributed by atoms with Crippen LogP contribution < -0.4 is 0 Å². The van der Waals surface area contributed by atoms with Crippen LogP contribution in [0.3, 0.4) is 0 Å². The molecule has 0 spiro atoms. The van der Waals surface area contributed by atoms with E-state index in [0.717, 1.165) is 0 Å². The Morgan fingerprint density at radius 2 is 1.64 bits per heavy atom. The maximum atomic E-state index is 11.5. The van der Waals surface area contributed by atoms with Crippen LogP contribution in [-0.4, -0.2) is 18.9 Å². The predicted molar refractivity (Wildman–Crippen MR) is 48.4 cm³/mol. The van der Waals surface area contributed by atoms with Crippen molar-refractivity contribution in [2.24, 2.45) is 5.92 Å². The van der Waals surface area contributed by atoms with E-state index >= 15 is 0 Å². The molecule has 0 saturated heterocycles. The molecule has 2 nitrogen and oxygen atoms in total. The van der Waals surface area contributed by atoms with E-state index in [-0.39, 0.29) is 11.7 Å². The van der Waals surface area contributed by atoms with Crippen molar-refractivity contribution in [2.45, 2.75) is 39.4 Å². The lowest BCUT2D eigenvalue weighted by atomic mass is 10.00. The largest absolute Gasteiger partial charge is 0.228 e. The predicted octanol–water partition coefficient (Wildman–Crippen LogP) is 1.86. The van der Waals surface area contributed by atoms with Crippen molar-refractivity contribution in [3.05, 3.63) is 0 Å². The molecule has 0 saturated carbocycles. The van der Waals surface area contributed by atoms with E-state index in [1.165, 1.54) is 0 Å². The van der Waals surface area contributed by atoms with E-state index in [1.807, 2.05) is 13.8 Å². The van der Waals surface area contributed by atoms with Gasteiger partial charge in [0.1, 0.15) is 0 Å². The SMILES string of the molecule is CCS(=O)(=O)C(C)(C)C(C)C. The van der Waals surface area contributed by atoms with Gasteiger partial charge in [0.05, 0.1) is 4.75 Å². The Bertz CT molecular complexity index is 212. The Labute approximate surface area is 69.9 Å². The monoisotopic (exact) mass is 178 g/mol. The van der Waals surface area contributed by atoms with Crippen molar-refractivity contribution < 1.29 is 8.42 Å². The molecule has 0 aromatic carbocycles. The van der Waals surface area contributed by atoms with Crippen LogP contribution in [0.15, 0.2) is 0 Å². The average molecular weight is 178 g/mol. The van der Waals surface area contributed by atoms with Gasteiger partial charge < -0.3 is 0 Å². The summed E-state index contributed by atoms with van der Waals surface area (Å²) in [5.74, 6) is 0.408. The topological polar surface area (TPSA) is 34.1 Å². The molecule has 0 radical (unpaired) electrons. The molecule has 0 aliphatic carbocycles. The lowest BCUT2D eigenvalue weighted by Crippen LogP contribution is -2.38. The highest BCUT2D eigenvalue weighted by Gasteiger charge is 2.35. The molecule has 0 aliphatic rings. The fraction of sp³-hybridized carbons (Fsp3) is 1.00. The first-order valence-corrected chi connectivity index (χ1v) is 5.63. The van der Waals surface area contributed by atoms with E-state index in [0.29, 0.717) is 0 Å². The highest BCUT2D eigenvalue weighted by molar-refractivity contribution is 7.92. The van der Waals surface area contributed by atoms with Crippen molar-refractivity contribution in [3.8, 4) is 0 Å². The van der Waals surface area contributed by atoms with Crippen molar-refractivity contribution in [1.82, 2.24) is 0 Å². The Hall–Kier alpha value is -0.0500. The van der Waals surface area contributed by atoms with Gasteiger partial charge in [-0.3, -0.25) is 0 Å². The summed E-state index contributed by atoms with van der Waals surface area (Å²) in [7, 11) is -2.90. The second-order valence-corrected chi connectivity index (χ2v) is 6.52. The average Bonchev–Trinajstić information content (AvgIpc) is 1.87. The van der Waals surface area contributed by atoms with Crippen LogP contribution in [-0.2, 0) is 9.84 Å². The third-order valence-electron chi connectivity index (χ3n) is 2.57. The lowest BCUT2D eigenvalue weighted by molar-refractivity contribution is 0.455. The minimum Gasteiger partial charge on any atom is -0.228 e. The molecule has 0 bridgehead atoms. The second kappa shape index (κ2) is 3.13. The third-order valence-corrected chi connectivity index (χ3v) is 5.41. The Morgan fingerprint density at radius 1 is 1.27 bits per heavy atom. The fourth-order valence-corrected chi connectivity index (χ4v) is 2.19. The molecule has 0 unspecified atom stereocenters. The highest BCUT2D eigenvalue weighted by atomic mass is 32.2. The second-order valence-electron chi connectivity index (χ2n) is 3.66. The third kappa shape index (κ3) is 1.95. The van der Waals surface area contributed by atoms with E-state index < -0.39 is 14.6 Å². The molecule has 0 aliphatic heterocycles. The summed E-state index contributed by atoms with van der Waals surface area (Å²) in [5.41, 5.74) is 0. The van der Waals surface area contributed by atoms with E-state index in [9.17, 15) is 8.42 Å². The van der Waals surface area contributed by atoms with Gasteiger partial charge >= 0.3 is 0 Å². The minimum absolute atomic E-state index is 0.174. The minimum atomic E-state index is -2.90. The molecule has 0 aromatic heterocycles. The summed E-state index contributed by atoms with van der Waals surface area (Å²) in [4.78, 5) is 0. The maximum absolute atomic E-state index is 11.5. The Morgan fingerprint density at radius 3 is 1.73 bits per heavy atom. The zero-order valence-corrected chi connectivity index (χ0v) is 8.83. The van der Waals surface area contributed by atoms with Crippen LogP contribution >= 0.6 is 0 Å². The first-order chi connectivity index (χ1) is 4.75. The molecule has 0 fully saturated rings. The van der Waals surface area contributed by atoms with Crippen molar-refractivity contribution in [2.75, 3.05) is 5.75 Å². The molecule has 3 heteroatoms. The van der Waals surface area contributed by atoms with Gasteiger partial charge in [-0.25, -0.2) is 8.42 Å². The number of hydrogen-bond donors (Lipinski definition) is 0. The number of rotatable bonds is 3. The summed E-state index contributed by atoms with van der Waals surface area (Å²) < 4.78 is 22.3. The summed E-state index contributed by atoms with van der Waals surface area (Å²) in [6.45, 7) is 9.15. The van der Waals surface area contributed by atoms with Crippen LogP contribution in [0.2, 0.25) is 0 Å². The van der Waals surface area contributed by atoms with Gasteiger partial charge in [-0.05, 0) is 19.8 Å². The van der Waals surface area contributed by atoms with E-state index in [4.69, 9.17) is 0 Å². The maximum Gasteiger partial charge on any atom is 0.155 e. The van der Waals surface area contributed by atoms with Crippen molar-refractivity contribution >= 4 is 9.84 Å². The molecule has 68 valence electrons. The van der Waals surface area contributed by atoms with Crippen LogP contribution in [0.1, 0.15) is 34.6 Å². The number of sulfone groups is 1. The molecule has 0 atom stereocenters. The number of hydrogen-bond acceptors (Lipinski definition) is 2. The lowest BCUT2D eigenvalue weighted by Gasteiger charge is -2.28. The van der Waals surface area contributed by atoms with Crippen LogP contribution in [0, 0.1) is 5.92 Å². The first-order valence-electron chi connectivity index (χ1n) is 3.98. The molecular weight excluding hydrogens is 160 g/mol. The molecule has 0 aromatic rings. The van der Waals surface area contributed by atoms with Gasteiger partial charge in [-0.1, -0.05) is 20.8 Å². The van der Waals surface area contributed by atoms with Crippen molar-refractivity contribution in [3.63, 3.8) is 0 Å². The molecular formula is C8H18O2S. The van der Waals surface area contributed by atoms with Gasteiger partial charge in [0, 0.05) is 5.75 Å². The normalized spacial score (nSPS) is 14.0. The van der Waals surface area contributed by atoms with Gasteiger partial charge in [0.15, 0.2) is 9.84 Å². The standard InChI is InChI=1S/C8H18O2S/c1-6-11(9,10)8(4,5)7(2)3/h7H,6H2,1-5H3. The summed E-state index contributed by atoms with van der Waals surface area (Å²) in [6, 6.07) is 0. The van der Waals surface area contributed by atoms with Crippen LogP contribution in [0.25, 0.3) is 0 Å². The summed E-state index contributed by atoms with van der Waals surface area (Å²) in [6.07, 6.45) is 0. The smallest absolute Gasteiger partial charge is 0.155 e. The van der Waals surface area contributed by atoms with Gasteiger partial charge in [0.2, 0.25) is 0 Å². The Balaban J connectivity index is 4.85. The highest BCUT2D eigenvalue weighted by Crippen LogP contribution is 2.25. The van der Waals surface area contributed by atoms with Gasteiger partial charge in [-0.15, -0.1) is 0 Å². The quantitative estimate of drug-likeness (QED) is 0.661. The van der Waals surface area contributed by atoms with Crippen LogP contribution in [0.5, 0.6) is 0 Å². The van der Waals surface area contributed by atoms with E-state index in [2.05, 4.69) is 0 Å². The molecule has 0 heterocycles. The fourth-order valence-electron chi connectivity index (χ4n) is 0.731. The van der Waals surface area contributed by atoms with Crippen LogP contribution in [0.4, 0.5) is 0 Å². The van der Waals surface area contributed by atoms with Gasteiger partial charge in [0.25, 0.3) is 0 Å². The zero-order valence-electron chi connectivity index (χ0n) is 8.01. The first kappa shape index (κ1) is 11.0. The zero-order chi connectivity index (χ0) is 9.28. The van der Waals surface area contributed by atoms with E-state index in [1.54, 1.807) is 20.8 Å². The molecule has 0 amide bonds. The molecule has 11 heavy (non-hydrogen) atoms.